The molecule has 0 saturated carbocycles. The van der Waals surface area contributed by atoms with Gasteiger partial charge < -0.3 is 5.73 Å². The molecule has 1 aromatic heterocycles. The molecule has 0 fully saturated rings. The van der Waals surface area contributed by atoms with Crippen LogP contribution in [0.3, 0.4) is 0 Å². The van der Waals surface area contributed by atoms with Gasteiger partial charge in [0, 0.05) is 12.6 Å². The molecule has 0 spiro atoms. The molecule has 110 valence electrons. The van der Waals surface area contributed by atoms with Gasteiger partial charge in [0.15, 0.2) is 0 Å². The van der Waals surface area contributed by atoms with Crippen LogP contribution >= 0.6 is 11.8 Å². The van der Waals surface area contributed by atoms with Crippen LogP contribution in [-0.2, 0) is 16.6 Å². The molecule has 0 radical (unpaired) electrons. The molecule has 0 aliphatic heterocycles. The van der Waals surface area contributed by atoms with Crippen LogP contribution in [0.5, 0.6) is 0 Å². The molecular weight excluding hydrogens is 284 g/mol. The van der Waals surface area contributed by atoms with E-state index < -0.39 is 10.0 Å². The van der Waals surface area contributed by atoms with Crippen molar-refractivity contribution in [3.63, 3.8) is 0 Å². The van der Waals surface area contributed by atoms with Crippen molar-refractivity contribution >= 4 is 21.8 Å². The molecule has 1 heterocycles. The Morgan fingerprint density at radius 2 is 2.21 bits per heavy atom. The summed E-state index contributed by atoms with van der Waals surface area (Å²) in [5.74, 6) is 1.98. The van der Waals surface area contributed by atoms with E-state index in [0.717, 1.165) is 17.9 Å². The molecule has 0 aliphatic rings. The Labute approximate surface area is 119 Å². The quantitative estimate of drug-likeness (QED) is 0.622. The highest BCUT2D eigenvalue weighted by molar-refractivity contribution is 7.99. The average molecular weight is 306 g/mol. The predicted molar refractivity (Wildman–Crippen MR) is 78.6 cm³/mol. The molecule has 1 atom stereocenters. The molecule has 1 unspecified atom stereocenters. The molecule has 8 heteroatoms. The number of aromatic nitrogens is 2. The second kappa shape index (κ2) is 7.28. The van der Waals surface area contributed by atoms with Crippen molar-refractivity contribution in [2.75, 3.05) is 11.5 Å². The highest BCUT2D eigenvalue weighted by atomic mass is 32.2. The summed E-state index contributed by atoms with van der Waals surface area (Å²) < 4.78 is 27.3. The molecule has 0 bridgehead atoms. The van der Waals surface area contributed by atoms with Gasteiger partial charge in [-0.05, 0) is 31.8 Å². The van der Waals surface area contributed by atoms with Crippen molar-refractivity contribution in [3.05, 3.63) is 11.4 Å². The molecule has 4 N–H and O–H groups in total. The Bertz CT molecular complexity index is 499. The maximum absolute atomic E-state index is 12.3. The topological polar surface area (TPSA) is 101 Å². The van der Waals surface area contributed by atoms with Crippen molar-refractivity contribution in [2.45, 2.75) is 44.7 Å². The van der Waals surface area contributed by atoms with Gasteiger partial charge in [-0.1, -0.05) is 6.92 Å². The predicted octanol–water partition coefficient (Wildman–Crippen LogP) is 0.987. The van der Waals surface area contributed by atoms with Crippen LogP contribution in [0.4, 0.5) is 0 Å². The number of rotatable bonds is 8. The van der Waals surface area contributed by atoms with Gasteiger partial charge in [-0.2, -0.15) is 16.9 Å². The first-order chi connectivity index (χ1) is 8.92. The van der Waals surface area contributed by atoms with E-state index >= 15 is 0 Å². The number of nitrogens with two attached hydrogens (primary N) is 1. The minimum atomic E-state index is -3.56. The Hall–Kier alpha value is -0.570. The largest absolute Gasteiger partial charge is 0.325 e. The van der Waals surface area contributed by atoms with E-state index in [9.17, 15) is 8.42 Å². The zero-order chi connectivity index (χ0) is 14.5. The Kier molecular flexibility index (Phi) is 6.31. The van der Waals surface area contributed by atoms with Crippen molar-refractivity contribution in [3.8, 4) is 0 Å². The molecule has 0 aromatic carbocycles. The van der Waals surface area contributed by atoms with Crippen LogP contribution < -0.4 is 10.5 Å². The van der Waals surface area contributed by atoms with Crippen molar-refractivity contribution in [1.29, 1.82) is 0 Å². The zero-order valence-electron chi connectivity index (χ0n) is 11.6. The van der Waals surface area contributed by atoms with Gasteiger partial charge in [-0.3, -0.25) is 5.10 Å². The first kappa shape index (κ1) is 16.5. The summed E-state index contributed by atoms with van der Waals surface area (Å²) in [6.45, 7) is 5.73. The van der Waals surface area contributed by atoms with Gasteiger partial charge in [0.1, 0.15) is 4.90 Å². The van der Waals surface area contributed by atoms with E-state index in [2.05, 4.69) is 21.8 Å². The van der Waals surface area contributed by atoms with Crippen molar-refractivity contribution in [1.82, 2.24) is 14.9 Å². The van der Waals surface area contributed by atoms with Crippen molar-refractivity contribution < 1.29 is 8.42 Å². The number of thioether (sulfide) groups is 1. The number of hydrogen-bond acceptors (Lipinski definition) is 5. The normalized spacial score (nSPS) is 13.7. The summed E-state index contributed by atoms with van der Waals surface area (Å²) in [5.41, 5.74) is 6.40. The number of aromatic amines is 1. The summed E-state index contributed by atoms with van der Waals surface area (Å²) in [5, 5.41) is 6.58. The summed E-state index contributed by atoms with van der Waals surface area (Å²) in [6.07, 6.45) is 0.798. The van der Waals surface area contributed by atoms with E-state index in [0.29, 0.717) is 11.4 Å². The van der Waals surface area contributed by atoms with Crippen LogP contribution in [0.25, 0.3) is 0 Å². The lowest BCUT2D eigenvalue weighted by molar-refractivity contribution is 0.555. The van der Waals surface area contributed by atoms with Gasteiger partial charge >= 0.3 is 0 Å². The third-order valence-electron chi connectivity index (χ3n) is 2.68. The second-order valence-corrected chi connectivity index (χ2v) is 7.38. The number of H-pyrrole nitrogens is 1. The first-order valence-electron chi connectivity index (χ1n) is 6.26. The smallest absolute Gasteiger partial charge is 0.244 e. The summed E-state index contributed by atoms with van der Waals surface area (Å²) >= 11 is 1.80. The highest BCUT2D eigenvalue weighted by Gasteiger charge is 2.25. The van der Waals surface area contributed by atoms with Gasteiger partial charge in [0.25, 0.3) is 0 Å². The molecule has 19 heavy (non-hydrogen) atoms. The van der Waals surface area contributed by atoms with Gasteiger partial charge in [0.2, 0.25) is 10.0 Å². The van der Waals surface area contributed by atoms with E-state index in [1.54, 1.807) is 18.7 Å². The van der Waals surface area contributed by atoms with Crippen LogP contribution in [0.2, 0.25) is 0 Å². The third kappa shape index (κ3) is 4.48. The van der Waals surface area contributed by atoms with Gasteiger partial charge in [0.05, 0.1) is 11.4 Å². The average Bonchev–Trinajstić information content (AvgIpc) is 2.70. The maximum atomic E-state index is 12.3. The van der Waals surface area contributed by atoms with Gasteiger partial charge in [-0.15, -0.1) is 0 Å². The molecule has 1 rings (SSSR count). The Balaban J connectivity index is 2.78. The second-order valence-electron chi connectivity index (χ2n) is 4.34. The summed E-state index contributed by atoms with van der Waals surface area (Å²) in [4.78, 5) is 0.185. The van der Waals surface area contributed by atoms with Crippen LogP contribution in [0.1, 0.15) is 31.7 Å². The zero-order valence-corrected chi connectivity index (χ0v) is 13.2. The maximum Gasteiger partial charge on any atom is 0.244 e. The monoisotopic (exact) mass is 306 g/mol. The number of sulfonamides is 1. The van der Waals surface area contributed by atoms with E-state index in [-0.39, 0.29) is 17.5 Å². The van der Waals surface area contributed by atoms with E-state index in [1.165, 1.54) is 0 Å². The Morgan fingerprint density at radius 3 is 2.79 bits per heavy atom. The number of nitrogens with one attached hydrogen (secondary N) is 2. The van der Waals surface area contributed by atoms with Gasteiger partial charge in [-0.25, -0.2) is 13.1 Å². The number of aryl methyl sites for hydroxylation is 1. The fourth-order valence-corrected chi connectivity index (χ4v) is 4.21. The lowest BCUT2D eigenvalue weighted by Crippen LogP contribution is -2.33. The molecular formula is C11H22N4O2S2. The lowest BCUT2D eigenvalue weighted by Gasteiger charge is -2.14. The molecule has 0 saturated heterocycles. The minimum Gasteiger partial charge on any atom is -0.325 e. The number of hydrogen-bond donors (Lipinski definition) is 3. The first-order valence-corrected chi connectivity index (χ1v) is 8.90. The molecule has 0 aliphatic carbocycles. The summed E-state index contributed by atoms with van der Waals surface area (Å²) in [6, 6.07) is -0.107. The lowest BCUT2D eigenvalue weighted by atomic mass is 10.3. The molecule has 0 amide bonds. The fraction of sp³-hybridized carbons (Fsp3) is 0.727. The standard InChI is InChI=1S/C11H22N4O2S2/c1-4-18-6-5-8(2)15-19(16,17)11-9(3)13-14-10(11)7-12/h8,15H,4-7,12H2,1-3H3,(H,13,14). The third-order valence-corrected chi connectivity index (χ3v) is 5.40. The fourth-order valence-electron chi connectivity index (χ4n) is 1.75. The molecule has 6 nitrogen and oxygen atoms in total. The summed E-state index contributed by atoms with van der Waals surface area (Å²) in [7, 11) is -3.56. The number of nitrogens with zero attached hydrogens (tertiary/aromatic N) is 1. The van der Waals surface area contributed by atoms with Crippen LogP contribution in [-0.4, -0.2) is 36.2 Å². The van der Waals surface area contributed by atoms with E-state index in [4.69, 9.17) is 5.73 Å². The Morgan fingerprint density at radius 1 is 1.53 bits per heavy atom. The molecule has 1 aromatic rings. The van der Waals surface area contributed by atoms with Crippen LogP contribution in [0.15, 0.2) is 4.90 Å². The highest BCUT2D eigenvalue weighted by Crippen LogP contribution is 2.18. The van der Waals surface area contributed by atoms with Crippen LogP contribution in [0, 0.1) is 6.92 Å². The minimum absolute atomic E-state index is 0.0979. The van der Waals surface area contributed by atoms with E-state index in [1.807, 2.05) is 6.92 Å². The van der Waals surface area contributed by atoms with Crippen molar-refractivity contribution in [2.24, 2.45) is 5.73 Å². The SMILES string of the molecule is CCSCCC(C)NS(=O)(=O)c1c(CN)n[nH]c1C.